The first kappa shape index (κ1) is 120. The number of aliphatic hydroxyl groups excluding tert-OH is 3. The lowest BCUT2D eigenvalue weighted by molar-refractivity contribution is -0.145. The largest absolute Gasteiger partial charge is 0.481 e. The van der Waals surface area contributed by atoms with Crippen molar-refractivity contribution in [1.82, 2.24) is 41.8 Å². The Morgan fingerprint density at radius 1 is 0.529 bits per heavy atom. The molecule has 1 saturated heterocycles. The Morgan fingerprint density at radius 3 is 1.54 bits per heavy atom. The van der Waals surface area contributed by atoms with E-state index >= 15 is 0 Å². The maximum Gasteiger partial charge on any atom is 0.303 e. The highest BCUT2D eigenvalue weighted by Crippen LogP contribution is 2.36. The second kappa shape index (κ2) is 60.9. The number of carbonyl (C=O) groups is 18. The highest BCUT2D eigenvalue weighted by Gasteiger charge is 2.47. The Hall–Kier alpha value is -10.6. The zero-order chi connectivity index (χ0) is 102. The van der Waals surface area contributed by atoms with Crippen molar-refractivity contribution in [1.29, 1.82) is 0 Å². The molecule has 2 saturated carbocycles. The van der Waals surface area contributed by atoms with Crippen LogP contribution in [0, 0.1) is 57.7 Å². The van der Waals surface area contributed by atoms with Crippen molar-refractivity contribution in [3.8, 4) is 0 Å². The van der Waals surface area contributed by atoms with Crippen molar-refractivity contribution in [2.75, 3.05) is 32.8 Å². The van der Waals surface area contributed by atoms with E-state index in [1.807, 2.05) is 27.7 Å². The quantitative estimate of drug-likeness (QED) is 0.0253. The van der Waals surface area contributed by atoms with Crippen molar-refractivity contribution in [2.24, 2.45) is 114 Å². The summed E-state index contributed by atoms with van der Waals surface area (Å²) in [5.41, 5.74) is 41.7. The number of carboxylic acid groups (broad SMARTS) is 1. The Bertz CT molecular complexity index is 4180. The predicted molar refractivity (Wildman–Crippen MR) is 509 cm³/mol. The number of β-amino-alcohol motifs (C(OH)–C–C–N with tert-alkyl or cyclic N) is 1. The van der Waals surface area contributed by atoms with Gasteiger partial charge in [-0.25, -0.2) is 0 Å². The van der Waals surface area contributed by atoms with Crippen LogP contribution in [-0.4, -0.2) is 235 Å². The monoisotopic (exact) mass is 1920 g/mol. The summed E-state index contributed by atoms with van der Waals surface area (Å²) in [6.07, 6.45) is 10.8. The number of amides is 10. The number of unbranched alkanes of at least 4 members (excludes halogenated alkanes) is 2. The van der Waals surface area contributed by atoms with Crippen molar-refractivity contribution in [2.45, 2.75) is 361 Å². The number of rotatable bonds is 65. The van der Waals surface area contributed by atoms with E-state index in [1.54, 1.807) is 38.4 Å². The number of nitrogens with two attached hydrogens (primary N) is 8. The normalized spacial score (nSPS) is 17.8. The number of likely N-dealkylation sites (tertiary alicyclic amines) is 1. The van der Waals surface area contributed by atoms with E-state index in [-0.39, 0.29) is 183 Å². The topological polar surface area (TPSA) is 709 Å². The number of primary amides is 3. The van der Waals surface area contributed by atoms with Gasteiger partial charge in [0.05, 0.1) is 65.6 Å². The fourth-order valence-corrected chi connectivity index (χ4v) is 17.7. The van der Waals surface area contributed by atoms with Gasteiger partial charge in [-0.2, -0.15) is 0 Å². The Balaban J connectivity index is 0.000000726. The zero-order valence-corrected chi connectivity index (χ0v) is 81.8. The van der Waals surface area contributed by atoms with Gasteiger partial charge in [0.15, 0.2) is 40.8 Å². The number of hydrogen-bond donors (Lipinski definition) is 18. The van der Waals surface area contributed by atoms with Gasteiger partial charge >= 0.3 is 5.97 Å². The number of ketones is 7. The number of aliphatic hydroxyl groups is 3. The van der Waals surface area contributed by atoms with E-state index in [0.29, 0.717) is 31.4 Å². The number of nitrogens with one attached hydrogen (secondary N) is 6. The van der Waals surface area contributed by atoms with Gasteiger partial charge in [-0.15, -0.1) is 0 Å². The number of nitrogens with zero attached hydrogens (tertiary/aromatic N) is 4. The molecule has 2 aliphatic carbocycles. The van der Waals surface area contributed by atoms with Crippen LogP contribution in [0.3, 0.4) is 0 Å². The molecule has 40 heteroatoms. The highest BCUT2D eigenvalue weighted by molar-refractivity contribution is 6.01. The van der Waals surface area contributed by atoms with Crippen LogP contribution in [0.1, 0.15) is 306 Å². The molecule has 15 atom stereocenters. The average molecular weight is 1920 g/mol. The molecule has 40 nitrogen and oxygen atoms in total. The van der Waals surface area contributed by atoms with E-state index in [4.69, 9.17) is 51.0 Å². The maximum atomic E-state index is 14.9. The van der Waals surface area contributed by atoms with E-state index in [1.165, 1.54) is 27.7 Å². The summed E-state index contributed by atoms with van der Waals surface area (Å²) in [4.78, 5) is 254. The van der Waals surface area contributed by atoms with E-state index < -0.39 is 214 Å². The van der Waals surface area contributed by atoms with Crippen LogP contribution in [0.2, 0.25) is 0 Å². The van der Waals surface area contributed by atoms with E-state index in [0.717, 1.165) is 81.9 Å². The van der Waals surface area contributed by atoms with Crippen LogP contribution >= 0.6 is 0 Å². The van der Waals surface area contributed by atoms with E-state index in [2.05, 4.69) is 46.9 Å². The number of carboxylic acids is 1. The molecule has 1 aliphatic heterocycles. The highest BCUT2D eigenvalue weighted by atomic mass is 16.4. The Labute approximate surface area is 800 Å². The van der Waals surface area contributed by atoms with Crippen molar-refractivity contribution in [3.05, 3.63) is 30.1 Å². The summed E-state index contributed by atoms with van der Waals surface area (Å²) >= 11 is 0. The molecule has 0 unspecified atom stereocenters. The lowest BCUT2D eigenvalue weighted by Gasteiger charge is -2.33. The molecular formula is C96H160N18O22. The fourth-order valence-electron chi connectivity index (χ4n) is 17.7. The third kappa shape index (κ3) is 46.0. The molecular weight excluding hydrogens is 1760 g/mol. The predicted octanol–water partition coefficient (Wildman–Crippen LogP) is 3.02. The van der Waals surface area contributed by atoms with Gasteiger partial charge in [0.2, 0.25) is 59.1 Å². The minimum atomic E-state index is -1.45. The van der Waals surface area contributed by atoms with Gasteiger partial charge in [0, 0.05) is 133 Å². The third-order valence-corrected chi connectivity index (χ3v) is 25.7. The number of guanidine groups is 2. The first-order chi connectivity index (χ1) is 63.8. The minimum absolute atomic E-state index is 0.00411. The molecule has 0 aromatic carbocycles. The lowest BCUT2D eigenvalue weighted by Crippen LogP contribution is -2.53. The van der Waals surface area contributed by atoms with Crippen LogP contribution in [0.25, 0.3) is 0 Å². The van der Waals surface area contributed by atoms with Crippen LogP contribution in [-0.2, 0) is 92.7 Å². The summed E-state index contributed by atoms with van der Waals surface area (Å²) in [6.45, 7) is 16.3. The third-order valence-electron chi connectivity index (χ3n) is 25.7. The SMILES string of the molecule is CC(=O)CC(C)(C)C(=O)N[C@H](C(=O)C[C@@H](CCCN=C(N)N)C(=O)N[C@@H](CCC(N)=O)C(=O)C[C@@H](CCCN=C(N)N)C(=O)N[C@@H](CC1CCCCC1)C(N)=O)[C@@H](C)O.CC[C@](C)(CC(=O)[C@H]1C[C@H](O)CN1C(=O)[C@H](CO)CC(=O)CCCCC(=O)O)C(=O)N[C@@H](Cc1ccncc1)C(=O)C[C@@H](CC1CCCCC1)C(=O)N[C@@H](CC(C)(C)C)C(=O)C[C@@H](CC(N)=O)C(=O)N[C@H](C)CCCCN. The molecule has 4 rings (SSSR count). The zero-order valence-electron chi connectivity index (χ0n) is 81.8. The summed E-state index contributed by atoms with van der Waals surface area (Å²) in [6, 6.07) is -4.08. The number of carbonyl (C=O) groups excluding carboxylic acids is 17. The van der Waals surface area contributed by atoms with E-state index in [9.17, 15) is 102 Å². The van der Waals surface area contributed by atoms with Crippen LogP contribution in [0.4, 0.5) is 0 Å². The lowest BCUT2D eigenvalue weighted by atomic mass is 9.78. The molecule has 10 amide bonds. The Morgan fingerprint density at radius 2 is 1.04 bits per heavy atom. The van der Waals surface area contributed by atoms with Crippen molar-refractivity contribution in [3.63, 3.8) is 0 Å². The molecule has 2 heterocycles. The Kier molecular flexibility index (Phi) is 53.5. The number of aliphatic carboxylic acids is 1. The molecule has 0 spiro atoms. The summed E-state index contributed by atoms with van der Waals surface area (Å²) in [7, 11) is 0. The first-order valence-electron chi connectivity index (χ1n) is 48.4. The summed E-state index contributed by atoms with van der Waals surface area (Å²) in [5, 5.41) is 57.0. The van der Waals surface area contributed by atoms with Crippen LogP contribution in [0.5, 0.6) is 0 Å². The van der Waals surface area contributed by atoms with Gasteiger partial charge in [-0.05, 0) is 152 Å². The standard InChI is InChI=1S/C57H91N7O13.C39H69N11O9/c1-7-57(6,33-49(70)46-31-43(67)34-64(46)54(76)41(35-65)27-42(66)18-11-12-19-51(72)73)55(77)63-44(26-38-20-23-60-24-21-38)47(68)28-39(25-37-16-9-8-10-17-37)53(75)62-45(32-56(3,4)5)48(69)29-40(30-50(59)71)52(74)61-36(2)15-13-14-22-58;1-22(51)21-39(3,4)36(59)50-32(23(2)52)30(54)20-26(13-9-17-47-38(44)45)34(57)48-27(14-15-31(40)55)29(53)19-25(12-8-16-46-37(42)43)35(58)49-28(33(41)56)18-24-10-6-5-7-11-24/h20-21,23-24,36-37,39-41,43-46,65,67H,7-19,22,25-35,58H2,1-6H3,(H2,59,71)(H,61,74)(H,62,75)(H,63,77)(H,72,73);23-28,32,52H,5-21H2,1-4H3,(H2,40,55)(H2,41,56)(H,48,57)(H,49,58)(H,50,59)(H4,42,43,46)(H4,44,45,47)/t36-,39-,40+,41+,43+,44+,45+,46-,57-;23-,25-,26-,27+,28+,32+/m11/s1. The number of hydrogen-bond acceptors (Lipinski definition) is 25. The fraction of sp³-hybridized carbons (Fsp3) is 0.740. The summed E-state index contributed by atoms with van der Waals surface area (Å²) in [5.74, 6) is -16.5. The smallest absolute Gasteiger partial charge is 0.303 e. The van der Waals surface area contributed by atoms with Crippen LogP contribution in [0.15, 0.2) is 34.5 Å². The van der Waals surface area contributed by atoms with Gasteiger partial charge < -0.3 is 103 Å². The second-order valence-electron chi connectivity index (χ2n) is 39.8. The first-order valence-corrected chi connectivity index (χ1v) is 48.4. The van der Waals surface area contributed by atoms with Gasteiger partial charge in [-0.3, -0.25) is 101 Å². The number of aromatic nitrogens is 1. The molecule has 0 radical (unpaired) electrons. The minimum Gasteiger partial charge on any atom is -0.481 e. The molecule has 3 fully saturated rings. The molecule has 766 valence electrons. The van der Waals surface area contributed by atoms with Crippen LogP contribution < -0.4 is 77.8 Å². The van der Waals surface area contributed by atoms with Crippen molar-refractivity contribution < 1.29 is 107 Å². The van der Waals surface area contributed by atoms with Gasteiger partial charge in [-0.1, -0.05) is 119 Å². The number of Topliss-reactive ketones (excluding diaryl/α,β-unsaturated/α-hetero) is 7. The maximum absolute atomic E-state index is 14.9. The molecule has 3 aliphatic rings. The molecule has 1 aromatic rings. The van der Waals surface area contributed by atoms with Gasteiger partial charge in [0.25, 0.3) is 0 Å². The molecule has 136 heavy (non-hydrogen) atoms. The molecule has 26 N–H and O–H groups in total. The van der Waals surface area contributed by atoms with Gasteiger partial charge in [0.1, 0.15) is 23.7 Å². The number of aliphatic imine (C=N–C) groups is 2. The second-order valence-corrected chi connectivity index (χ2v) is 39.8. The molecule has 0 bridgehead atoms. The molecule has 1 aromatic heterocycles. The average Bonchev–Trinajstić information content (AvgIpc) is 1.60. The number of pyridine rings is 1. The summed E-state index contributed by atoms with van der Waals surface area (Å²) < 4.78 is 0. The van der Waals surface area contributed by atoms with Crippen molar-refractivity contribution >= 4 is 117 Å².